The number of carbonyl (C=O) groups is 1. The van der Waals surface area contributed by atoms with E-state index in [1.165, 1.54) is 6.92 Å². The number of carbonyl (C=O) groups excluding carboxylic acids is 1. The molecule has 0 bridgehead atoms. The Morgan fingerprint density at radius 1 is 0.773 bits per heavy atom. The van der Waals surface area contributed by atoms with Crippen LogP contribution in [0.1, 0.15) is 23.6 Å². The first kappa shape index (κ1) is 23.5. The average molecular weight is 326 g/mol. The van der Waals surface area contributed by atoms with Crippen molar-refractivity contribution in [1.29, 1.82) is 0 Å². The molecule has 0 aromatic carbocycles. The first-order valence-electron chi connectivity index (χ1n) is 7.97. The molecule has 0 aliphatic carbocycles. The molecule has 2 N–H and O–H groups in total. The molecule has 0 aromatic heterocycles. The Morgan fingerprint density at radius 2 is 1.14 bits per heavy atom. The molecule has 0 heterocycles. The van der Waals surface area contributed by atoms with E-state index < -0.39 is 0 Å². The van der Waals surface area contributed by atoms with Crippen LogP contribution in [0.5, 0.6) is 0 Å². The summed E-state index contributed by atoms with van der Waals surface area (Å²) < 4.78 is 21.2. The van der Waals surface area contributed by atoms with Crippen molar-refractivity contribution in [1.82, 2.24) is 10.6 Å². The van der Waals surface area contributed by atoms with Gasteiger partial charge in [0.05, 0.1) is 52.9 Å². The van der Waals surface area contributed by atoms with E-state index in [0.29, 0.717) is 59.4 Å². The van der Waals surface area contributed by atoms with Gasteiger partial charge in [-0.25, -0.2) is 0 Å². The van der Waals surface area contributed by atoms with Crippen molar-refractivity contribution < 1.29 is 26.6 Å². The average Bonchev–Trinajstić information content (AvgIpc) is 2.53. The molecule has 0 radical (unpaired) electrons. The van der Waals surface area contributed by atoms with Crippen LogP contribution < -0.4 is 10.6 Å². The van der Waals surface area contributed by atoms with Gasteiger partial charge in [-0.05, 0) is 7.05 Å². The highest BCUT2D eigenvalue weighted by Crippen LogP contribution is 1.82. The van der Waals surface area contributed by atoms with Crippen molar-refractivity contribution in [2.24, 2.45) is 0 Å². The fraction of sp³-hybridized carbons (Fsp3) is 0.933. The van der Waals surface area contributed by atoms with E-state index >= 15 is 0 Å². The number of nitrogens with one attached hydrogen (secondary N) is 2. The second kappa shape index (κ2) is 22.5. The largest absolute Gasteiger partial charge is 0.378 e. The third-order valence-corrected chi connectivity index (χ3v) is 2.23. The van der Waals surface area contributed by atoms with Crippen LogP contribution in [0.15, 0.2) is 0 Å². The summed E-state index contributed by atoms with van der Waals surface area (Å²) in [5.74, 6) is -0.0445. The summed E-state index contributed by atoms with van der Waals surface area (Å²) in [5.41, 5.74) is 0. The Bertz CT molecular complexity index is 228. The number of likely N-dealkylation sites (N-methyl/N-ethyl adjacent to an activating group) is 1. The molecule has 0 saturated heterocycles. The zero-order valence-corrected chi connectivity index (χ0v) is 14.6. The molecule has 1 amide bonds. The highest BCUT2D eigenvalue weighted by atomic mass is 16.6. The van der Waals surface area contributed by atoms with Crippen LogP contribution in [0.25, 0.3) is 0 Å². The van der Waals surface area contributed by atoms with Gasteiger partial charge in [-0.3, -0.25) is 4.79 Å². The van der Waals surface area contributed by atoms with Crippen molar-refractivity contribution >= 4 is 5.91 Å². The van der Waals surface area contributed by atoms with Crippen LogP contribution in [0.3, 0.4) is 0 Å². The standard InChI is InChI=1S/C13H28N2O5.C2H6.2H2/c1-13(16)15-4-6-18-8-10-20-12-11-19-9-7-17-5-3-14-2;1-2;;/h14H,3-12H2,1-2H3,(H,15,16);1-2H3;2*1H. The molecule has 0 unspecified atom stereocenters. The van der Waals surface area contributed by atoms with Crippen molar-refractivity contribution in [3.05, 3.63) is 0 Å². The third kappa shape index (κ3) is 24.3. The predicted octanol–water partition coefficient (Wildman–Crippen LogP) is 0.927. The van der Waals surface area contributed by atoms with E-state index in [1.54, 1.807) is 0 Å². The normalized spacial score (nSPS) is 10.0. The van der Waals surface area contributed by atoms with Crippen LogP contribution in [-0.4, -0.2) is 78.9 Å². The second-order valence-electron chi connectivity index (χ2n) is 4.04. The van der Waals surface area contributed by atoms with Crippen molar-refractivity contribution in [3.63, 3.8) is 0 Å². The summed E-state index contributed by atoms with van der Waals surface area (Å²) in [7, 11) is 1.89. The topological polar surface area (TPSA) is 78.1 Å². The molecule has 0 aliphatic heterocycles. The minimum atomic E-state index is -0.0445. The lowest BCUT2D eigenvalue weighted by Gasteiger charge is -2.07. The van der Waals surface area contributed by atoms with E-state index in [0.717, 1.165) is 6.54 Å². The van der Waals surface area contributed by atoms with Gasteiger partial charge >= 0.3 is 0 Å². The maximum Gasteiger partial charge on any atom is 0.216 e. The van der Waals surface area contributed by atoms with Gasteiger partial charge in [0, 0.05) is 22.9 Å². The van der Waals surface area contributed by atoms with Crippen LogP contribution >= 0.6 is 0 Å². The lowest BCUT2D eigenvalue weighted by Crippen LogP contribution is -2.25. The molecular weight excluding hydrogens is 288 g/mol. The SMILES string of the molecule is CC.CNCCOCCOCCOCCOCCNC(C)=O.[HH].[HH]. The number of hydrogen-bond donors (Lipinski definition) is 2. The monoisotopic (exact) mass is 326 g/mol. The molecule has 138 valence electrons. The zero-order chi connectivity index (χ0) is 16.9. The van der Waals surface area contributed by atoms with Gasteiger partial charge in [0.2, 0.25) is 5.91 Å². The predicted molar refractivity (Wildman–Crippen MR) is 91.5 cm³/mol. The Kier molecular flexibility index (Phi) is 24.1. The molecule has 0 saturated carbocycles. The molecule has 0 aliphatic rings. The van der Waals surface area contributed by atoms with Gasteiger partial charge in [0.1, 0.15) is 0 Å². The first-order valence-corrected chi connectivity index (χ1v) is 7.97. The molecule has 0 spiro atoms. The van der Waals surface area contributed by atoms with Gasteiger partial charge in [0.25, 0.3) is 0 Å². The summed E-state index contributed by atoms with van der Waals surface area (Å²) in [6.45, 7) is 11.4. The molecule has 0 atom stereocenters. The lowest BCUT2D eigenvalue weighted by atomic mass is 10.6. The minimum absolute atomic E-state index is 0. The molecule has 0 aromatic rings. The van der Waals surface area contributed by atoms with E-state index in [-0.39, 0.29) is 8.76 Å². The van der Waals surface area contributed by atoms with Gasteiger partial charge in [-0.15, -0.1) is 0 Å². The highest BCUT2D eigenvalue weighted by molar-refractivity contribution is 5.72. The van der Waals surface area contributed by atoms with E-state index in [4.69, 9.17) is 18.9 Å². The number of hydrogen-bond acceptors (Lipinski definition) is 6. The van der Waals surface area contributed by atoms with Crippen molar-refractivity contribution in [2.75, 3.05) is 73.0 Å². The quantitative estimate of drug-likeness (QED) is 0.436. The molecule has 7 heteroatoms. The fourth-order valence-electron chi connectivity index (χ4n) is 1.24. The summed E-state index contributed by atoms with van der Waals surface area (Å²) >= 11 is 0. The van der Waals surface area contributed by atoms with Crippen molar-refractivity contribution in [2.45, 2.75) is 20.8 Å². The molecule has 22 heavy (non-hydrogen) atoms. The summed E-state index contributed by atoms with van der Waals surface area (Å²) in [4.78, 5) is 10.6. The van der Waals surface area contributed by atoms with E-state index in [9.17, 15) is 4.79 Å². The molecular formula is C15H38N2O5. The summed E-state index contributed by atoms with van der Waals surface area (Å²) in [6, 6.07) is 0. The Morgan fingerprint density at radius 3 is 1.50 bits per heavy atom. The maximum atomic E-state index is 10.6. The van der Waals surface area contributed by atoms with Crippen LogP contribution in [0.2, 0.25) is 0 Å². The Hall–Kier alpha value is -0.730. The van der Waals surface area contributed by atoms with Crippen molar-refractivity contribution in [3.8, 4) is 0 Å². The number of rotatable bonds is 15. The van der Waals surface area contributed by atoms with Gasteiger partial charge in [-0.2, -0.15) is 0 Å². The van der Waals surface area contributed by atoms with Gasteiger partial charge < -0.3 is 29.6 Å². The molecule has 0 fully saturated rings. The van der Waals surface area contributed by atoms with E-state index in [1.807, 2.05) is 20.9 Å². The van der Waals surface area contributed by atoms with Gasteiger partial charge in [0.15, 0.2) is 0 Å². The minimum Gasteiger partial charge on any atom is -0.378 e. The number of ether oxygens (including phenoxy) is 4. The van der Waals surface area contributed by atoms with Crippen LogP contribution in [0, 0.1) is 0 Å². The summed E-state index contributed by atoms with van der Waals surface area (Å²) in [5, 5.41) is 5.65. The lowest BCUT2D eigenvalue weighted by molar-refractivity contribution is -0.119. The van der Waals surface area contributed by atoms with E-state index in [2.05, 4.69) is 10.6 Å². The first-order chi connectivity index (χ1) is 10.8. The Labute approximate surface area is 138 Å². The zero-order valence-electron chi connectivity index (χ0n) is 14.6. The second-order valence-corrected chi connectivity index (χ2v) is 4.04. The Balaban J connectivity index is -0.000000480. The number of amides is 1. The van der Waals surface area contributed by atoms with Crippen LogP contribution in [0.4, 0.5) is 0 Å². The summed E-state index contributed by atoms with van der Waals surface area (Å²) in [6.07, 6.45) is 0. The maximum absolute atomic E-state index is 10.6. The smallest absolute Gasteiger partial charge is 0.216 e. The molecule has 7 nitrogen and oxygen atoms in total. The van der Waals surface area contributed by atoms with Crippen LogP contribution in [-0.2, 0) is 23.7 Å². The van der Waals surface area contributed by atoms with Gasteiger partial charge in [-0.1, -0.05) is 13.8 Å². The highest BCUT2D eigenvalue weighted by Gasteiger charge is 1.93. The third-order valence-electron chi connectivity index (χ3n) is 2.23. The fourth-order valence-corrected chi connectivity index (χ4v) is 1.24. The molecule has 0 rings (SSSR count).